The van der Waals surface area contributed by atoms with Crippen LogP contribution in [0, 0.1) is 4.91 Å². The number of hydrogen-bond acceptors (Lipinski definition) is 4. The second-order valence-electron chi connectivity index (χ2n) is 5.62. The van der Waals surface area contributed by atoms with Gasteiger partial charge in [-0.3, -0.25) is 4.72 Å². The Bertz CT molecular complexity index is 463. The van der Waals surface area contributed by atoms with E-state index in [0.29, 0.717) is 0 Å². The number of nitroso groups, excluding NO2 is 1. The lowest BCUT2D eigenvalue weighted by Crippen LogP contribution is -2.28. The summed E-state index contributed by atoms with van der Waals surface area (Å²) in [6.07, 6.45) is -1.07. The fraction of sp³-hybridized carbons (Fsp3) is 0.571. The van der Waals surface area contributed by atoms with E-state index in [9.17, 15) is 9.30 Å². The molecule has 0 aliphatic carbocycles. The molecule has 1 aromatic carbocycles. The summed E-state index contributed by atoms with van der Waals surface area (Å²) in [6, 6.07) is 5.03. The molecule has 0 aromatic heterocycles. The first kappa shape index (κ1) is 17.6. The Balaban J connectivity index is 3.05. The largest absolute Gasteiger partial charge is 0.253 e. The molecule has 2 unspecified atom stereocenters. The summed E-state index contributed by atoms with van der Waals surface area (Å²) in [7, 11) is 0. The zero-order valence-electron chi connectivity index (χ0n) is 12.1. The predicted molar refractivity (Wildman–Crippen MR) is 87.4 cm³/mol. The van der Waals surface area contributed by atoms with Gasteiger partial charge in [0.1, 0.15) is 12.7 Å². The monoisotopic (exact) mass is 362 g/mol. The molecule has 112 valence electrons. The number of benzene rings is 1. The summed E-state index contributed by atoms with van der Waals surface area (Å²) in [4.78, 5) is 10.6. The Hall–Kier alpha value is -0.460. The maximum absolute atomic E-state index is 14.0. The topological polar surface area (TPSA) is 41.5 Å². The van der Waals surface area contributed by atoms with E-state index in [4.69, 9.17) is 0 Å². The van der Waals surface area contributed by atoms with Gasteiger partial charge in [0.15, 0.2) is 0 Å². The Labute approximate surface area is 132 Å². The molecule has 0 amide bonds. The van der Waals surface area contributed by atoms with Gasteiger partial charge in [-0.15, -0.1) is 0 Å². The fourth-order valence-electron chi connectivity index (χ4n) is 1.73. The Morgan fingerprint density at radius 1 is 1.45 bits per heavy atom. The van der Waals surface area contributed by atoms with Crippen molar-refractivity contribution >= 4 is 27.9 Å². The Morgan fingerprint density at radius 3 is 2.60 bits per heavy atom. The Morgan fingerprint density at radius 2 is 2.10 bits per heavy atom. The third kappa shape index (κ3) is 5.50. The van der Waals surface area contributed by atoms with Crippen molar-refractivity contribution in [3.05, 3.63) is 38.7 Å². The molecule has 0 fully saturated rings. The van der Waals surface area contributed by atoms with Gasteiger partial charge in [0, 0.05) is 9.22 Å². The summed E-state index contributed by atoms with van der Waals surface area (Å²) < 4.78 is 18.0. The summed E-state index contributed by atoms with van der Waals surface area (Å²) in [5.74, 6) is 0. The average Bonchev–Trinajstić information content (AvgIpc) is 2.30. The zero-order valence-corrected chi connectivity index (χ0v) is 14.5. The van der Waals surface area contributed by atoms with Crippen LogP contribution in [-0.4, -0.2) is 10.9 Å². The second-order valence-corrected chi connectivity index (χ2v) is 8.20. The average molecular weight is 363 g/mol. The van der Waals surface area contributed by atoms with E-state index in [1.165, 1.54) is 18.9 Å². The van der Waals surface area contributed by atoms with Crippen LogP contribution in [0.2, 0.25) is 0 Å². The van der Waals surface area contributed by atoms with Crippen LogP contribution in [0.5, 0.6) is 0 Å². The van der Waals surface area contributed by atoms with Gasteiger partial charge < -0.3 is 0 Å². The summed E-state index contributed by atoms with van der Waals surface area (Å²) in [5, 5.41) is 2.93. The molecule has 0 saturated heterocycles. The number of halogens is 2. The molecule has 1 aromatic rings. The molecule has 20 heavy (non-hydrogen) atoms. The van der Waals surface area contributed by atoms with Gasteiger partial charge >= 0.3 is 0 Å². The van der Waals surface area contributed by atoms with Gasteiger partial charge in [-0.25, -0.2) is 4.39 Å². The van der Waals surface area contributed by atoms with Gasteiger partial charge in [-0.1, -0.05) is 39.1 Å². The molecule has 2 atom stereocenters. The lowest BCUT2D eigenvalue weighted by molar-refractivity contribution is 0.297. The van der Waals surface area contributed by atoms with Crippen LogP contribution in [0.3, 0.4) is 0 Å². The lowest BCUT2D eigenvalue weighted by Gasteiger charge is -2.26. The van der Waals surface area contributed by atoms with Crippen molar-refractivity contribution in [2.75, 3.05) is 0 Å². The first-order valence-corrected chi connectivity index (χ1v) is 8.00. The second kappa shape index (κ2) is 7.52. The van der Waals surface area contributed by atoms with Crippen molar-refractivity contribution < 1.29 is 4.39 Å². The summed E-state index contributed by atoms with van der Waals surface area (Å²) in [5.41, 5.74) is 1.52. The van der Waals surface area contributed by atoms with Crippen LogP contribution in [0.1, 0.15) is 44.9 Å². The molecule has 0 aliphatic heterocycles. The number of nitrogens with zero attached hydrogens (tertiary/aromatic N) is 1. The third-order valence-corrected chi connectivity index (χ3v) is 4.10. The first-order chi connectivity index (χ1) is 9.24. The lowest BCUT2D eigenvalue weighted by atomic mass is 9.98. The molecule has 0 heterocycles. The van der Waals surface area contributed by atoms with E-state index in [1.807, 2.05) is 18.2 Å². The highest BCUT2D eigenvalue weighted by Gasteiger charge is 2.24. The van der Waals surface area contributed by atoms with E-state index in [0.717, 1.165) is 15.6 Å². The molecular weight excluding hydrogens is 343 g/mol. The molecule has 0 radical (unpaired) electrons. The molecule has 3 nitrogen and oxygen atoms in total. The molecule has 6 heteroatoms. The van der Waals surface area contributed by atoms with Crippen molar-refractivity contribution in [3.63, 3.8) is 0 Å². The quantitative estimate of drug-likeness (QED) is 0.561. The van der Waals surface area contributed by atoms with Crippen molar-refractivity contribution in [3.8, 4) is 0 Å². The van der Waals surface area contributed by atoms with E-state index in [1.54, 1.807) is 0 Å². The van der Waals surface area contributed by atoms with Crippen molar-refractivity contribution in [2.24, 2.45) is 5.18 Å². The van der Waals surface area contributed by atoms with E-state index in [-0.39, 0.29) is 11.3 Å². The van der Waals surface area contributed by atoms with Gasteiger partial charge in [0.25, 0.3) is 0 Å². The minimum absolute atomic E-state index is 0.0222. The Kier molecular flexibility index (Phi) is 6.61. The van der Waals surface area contributed by atoms with Gasteiger partial charge in [-0.2, -0.15) is 4.91 Å². The maximum atomic E-state index is 14.0. The van der Waals surface area contributed by atoms with E-state index >= 15 is 0 Å². The van der Waals surface area contributed by atoms with Crippen molar-refractivity contribution in [2.45, 2.75) is 51.2 Å². The van der Waals surface area contributed by atoms with Gasteiger partial charge in [0.2, 0.25) is 0 Å². The molecule has 0 saturated carbocycles. The molecule has 0 bridgehead atoms. The van der Waals surface area contributed by atoms with E-state index < -0.39 is 12.2 Å². The van der Waals surface area contributed by atoms with Gasteiger partial charge in [-0.05, 0) is 51.0 Å². The summed E-state index contributed by atoms with van der Waals surface area (Å²) >= 11 is 4.85. The minimum Gasteiger partial charge on any atom is -0.253 e. The van der Waals surface area contributed by atoms with Crippen LogP contribution in [0.25, 0.3) is 0 Å². The number of alkyl halides is 1. The standard InChI is InChI=1S/C14H20BrFN2OS/c1-9(16)13(18-20-14(2,3)4)12-6-5-11(15)7-10(12)8-17-19/h5-7,9,13,18H,8H2,1-4H3. The van der Waals surface area contributed by atoms with Crippen LogP contribution < -0.4 is 4.72 Å². The third-order valence-electron chi connectivity index (χ3n) is 2.63. The molecule has 1 rings (SSSR count). The van der Waals surface area contributed by atoms with Crippen LogP contribution in [0.4, 0.5) is 4.39 Å². The van der Waals surface area contributed by atoms with Gasteiger partial charge in [0.05, 0.1) is 6.04 Å². The predicted octanol–water partition coefficient (Wildman–Crippen LogP) is 5.15. The van der Waals surface area contributed by atoms with Crippen LogP contribution >= 0.6 is 27.9 Å². The highest BCUT2D eigenvalue weighted by Crippen LogP contribution is 2.31. The number of rotatable bonds is 6. The number of hydrogen-bond donors (Lipinski definition) is 1. The molecular formula is C14H20BrFN2OS. The highest BCUT2D eigenvalue weighted by molar-refractivity contribution is 9.10. The highest BCUT2D eigenvalue weighted by atomic mass is 79.9. The first-order valence-electron chi connectivity index (χ1n) is 6.39. The normalized spacial score (nSPS) is 14.9. The smallest absolute Gasteiger partial charge is 0.118 e. The number of nitrogens with one attached hydrogen (secondary N) is 1. The van der Waals surface area contributed by atoms with Crippen LogP contribution in [-0.2, 0) is 6.54 Å². The van der Waals surface area contributed by atoms with Crippen LogP contribution in [0.15, 0.2) is 27.8 Å². The van der Waals surface area contributed by atoms with E-state index in [2.05, 4.69) is 46.6 Å². The fourth-order valence-corrected chi connectivity index (χ4v) is 2.93. The summed E-state index contributed by atoms with van der Waals surface area (Å²) in [6.45, 7) is 7.72. The zero-order chi connectivity index (χ0) is 15.3. The van der Waals surface area contributed by atoms with Crippen molar-refractivity contribution in [1.82, 2.24) is 4.72 Å². The molecule has 0 spiro atoms. The SMILES string of the molecule is CC(F)C(NSC(C)(C)C)c1ccc(Br)cc1CN=O. The molecule has 0 aliphatic rings. The molecule has 1 N–H and O–H groups in total. The minimum atomic E-state index is -1.07. The van der Waals surface area contributed by atoms with Crippen molar-refractivity contribution in [1.29, 1.82) is 0 Å². The maximum Gasteiger partial charge on any atom is 0.118 e.